The van der Waals surface area contributed by atoms with Gasteiger partial charge in [-0.15, -0.1) is 0 Å². The van der Waals surface area contributed by atoms with Gasteiger partial charge in [0, 0.05) is 43.6 Å². The minimum atomic E-state index is -3.52. The van der Waals surface area contributed by atoms with E-state index in [1.165, 1.54) is 17.7 Å². The first kappa shape index (κ1) is 30.3. The van der Waals surface area contributed by atoms with E-state index in [-0.39, 0.29) is 40.9 Å². The highest BCUT2D eigenvalue weighted by Gasteiger charge is 2.26. The van der Waals surface area contributed by atoms with Gasteiger partial charge in [0.1, 0.15) is 23.9 Å². The minimum absolute atomic E-state index is 0.0202. The molecule has 0 unspecified atom stereocenters. The number of rotatable bonds is 10. The Balaban J connectivity index is 1.73. The predicted molar refractivity (Wildman–Crippen MR) is 158 cm³/mol. The number of benzene rings is 2. The summed E-state index contributed by atoms with van der Waals surface area (Å²) in [4.78, 5) is 24.8. The van der Waals surface area contributed by atoms with Gasteiger partial charge in [0.05, 0.1) is 16.8 Å². The molecule has 220 valence electrons. The fraction of sp³-hybridized carbons (Fsp3) is 0.419. The summed E-state index contributed by atoms with van der Waals surface area (Å²) in [5, 5.41) is 2.98. The van der Waals surface area contributed by atoms with Crippen molar-refractivity contribution in [3.63, 3.8) is 0 Å². The lowest BCUT2D eigenvalue weighted by atomic mass is 9.92. The molecule has 4 rings (SSSR count). The highest BCUT2D eigenvalue weighted by molar-refractivity contribution is 7.91. The Labute approximate surface area is 241 Å². The first-order valence-electron chi connectivity index (χ1n) is 13.8. The van der Waals surface area contributed by atoms with Gasteiger partial charge < -0.3 is 24.1 Å². The third-order valence-corrected chi connectivity index (χ3v) is 9.13. The van der Waals surface area contributed by atoms with Gasteiger partial charge in [-0.3, -0.25) is 9.59 Å². The Morgan fingerprint density at radius 2 is 1.68 bits per heavy atom. The molecule has 0 bridgehead atoms. The van der Waals surface area contributed by atoms with Crippen molar-refractivity contribution < 1.29 is 27.4 Å². The molecule has 1 saturated carbocycles. The molecule has 2 aromatic carbocycles. The summed E-state index contributed by atoms with van der Waals surface area (Å²) in [6, 6.07) is 12.1. The van der Waals surface area contributed by atoms with E-state index in [1.807, 2.05) is 32.0 Å². The Morgan fingerprint density at radius 1 is 1.00 bits per heavy atom. The molecule has 0 saturated heterocycles. The quantitative estimate of drug-likeness (QED) is 0.369. The van der Waals surface area contributed by atoms with Crippen LogP contribution >= 0.6 is 0 Å². The highest BCUT2D eigenvalue weighted by atomic mass is 32.2. The smallest absolute Gasteiger partial charge is 0.254 e. The Kier molecular flexibility index (Phi) is 9.55. The monoisotopic (exact) mass is 582 g/mol. The Bertz CT molecular complexity index is 1550. The number of pyridine rings is 1. The standard InChI is InChI=1S/C31H38N2O7S/c1-6-41(36,37)24-14-15-27(40-31-20(2)8-7-9-21(31)3)25(16-24)26-18-33(4)30(35)17-28(26)39-23-12-10-22(11-13-23)32-29(34)19-38-5/h7-9,14-18,22-23H,6,10-13,19H2,1-5H3,(H,32,34)/t22-,23-. The van der Waals surface area contributed by atoms with Crippen LogP contribution in [0.5, 0.6) is 17.2 Å². The van der Waals surface area contributed by atoms with Crippen LogP contribution in [0.4, 0.5) is 0 Å². The van der Waals surface area contributed by atoms with E-state index in [1.54, 1.807) is 38.4 Å². The lowest BCUT2D eigenvalue weighted by molar-refractivity contribution is -0.125. The van der Waals surface area contributed by atoms with Crippen LogP contribution in [0.25, 0.3) is 11.1 Å². The van der Waals surface area contributed by atoms with Gasteiger partial charge in [-0.1, -0.05) is 25.1 Å². The molecule has 10 heteroatoms. The molecule has 0 radical (unpaired) electrons. The first-order valence-corrected chi connectivity index (χ1v) is 15.4. The van der Waals surface area contributed by atoms with Gasteiger partial charge in [0.2, 0.25) is 5.91 Å². The van der Waals surface area contributed by atoms with E-state index < -0.39 is 9.84 Å². The zero-order valence-electron chi connectivity index (χ0n) is 24.2. The zero-order chi connectivity index (χ0) is 29.7. The number of ether oxygens (including phenoxy) is 3. The van der Waals surface area contributed by atoms with Crippen molar-refractivity contribution in [3.8, 4) is 28.4 Å². The number of amides is 1. The van der Waals surface area contributed by atoms with E-state index in [4.69, 9.17) is 14.2 Å². The van der Waals surface area contributed by atoms with Crippen LogP contribution in [-0.4, -0.2) is 50.5 Å². The summed E-state index contributed by atoms with van der Waals surface area (Å²) in [7, 11) is -0.396. The number of carbonyl (C=O) groups excluding carboxylic acids is 1. The van der Waals surface area contributed by atoms with Gasteiger partial charge >= 0.3 is 0 Å². The largest absolute Gasteiger partial charge is 0.490 e. The molecular formula is C31H38N2O7S. The molecule has 1 aliphatic rings. The molecule has 0 aliphatic heterocycles. The van der Waals surface area contributed by atoms with Gasteiger partial charge in [0.15, 0.2) is 9.84 Å². The van der Waals surface area contributed by atoms with E-state index in [0.717, 1.165) is 24.0 Å². The summed E-state index contributed by atoms with van der Waals surface area (Å²) in [5.74, 6) is 1.29. The number of hydrogen-bond acceptors (Lipinski definition) is 7. The third kappa shape index (κ3) is 7.18. The summed E-state index contributed by atoms with van der Waals surface area (Å²) in [6.45, 7) is 5.52. The summed E-state index contributed by atoms with van der Waals surface area (Å²) in [6.07, 6.45) is 4.30. The highest BCUT2D eigenvalue weighted by Crippen LogP contribution is 2.41. The van der Waals surface area contributed by atoms with Gasteiger partial charge in [0.25, 0.3) is 5.56 Å². The van der Waals surface area contributed by atoms with Crippen LogP contribution in [0.3, 0.4) is 0 Å². The molecule has 1 heterocycles. The lowest BCUT2D eigenvalue weighted by Gasteiger charge is -2.30. The Hall–Kier alpha value is -3.63. The van der Waals surface area contributed by atoms with Gasteiger partial charge in [-0.25, -0.2) is 8.42 Å². The molecular weight excluding hydrogens is 544 g/mol. The normalized spacial score (nSPS) is 17.2. The molecule has 41 heavy (non-hydrogen) atoms. The van der Waals surface area contributed by atoms with Crippen molar-refractivity contribution in [2.24, 2.45) is 7.05 Å². The molecule has 1 aromatic heterocycles. The molecule has 0 spiro atoms. The van der Waals surface area contributed by atoms with Crippen molar-refractivity contribution in [3.05, 3.63) is 70.1 Å². The van der Waals surface area contributed by atoms with E-state index in [2.05, 4.69) is 5.32 Å². The van der Waals surface area contributed by atoms with E-state index in [0.29, 0.717) is 41.2 Å². The number of nitrogens with zero attached hydrogens (tertiary/aromatic N) is 1. The maximum absolute atomic E-state index is 12.9. The maximum Gasteiger partial charge on any atom is 0.254 e. The van der Waals surface area contributed by atoms with Crippen LogP contribution in [0.15, 0.2) is 58.4 Å². The predicted octanol–water partition coefficient (Wildman–Crippen LogP) is 4.71. The summed E-state index contributed by atoms with van der Waals surface area (Å²) < 4.78 is 44.9. The first-order chi connectivity index (χ1) is 19.5. The van der Waals surface area contributed by atoms with Crippen molar-refractivity contribution in [2.75, 3.05) is 19.5 Å². The van der Waals surface area contributed by atoms with Crippen LogP contribution < -0.4 is 20.3 Å². The fourth-order valence-corrected chi connectivity index (χ4v) is 5.96. The number of hydrogen-bond donors (Lipinski definition) is 1. The average Bonchev–Trinajstić information content (AvgIpc) is 2.94. The zero-order valence-corrected chi connectivity index (χ0v) is 25.0. The van der Waals surface area contributed by atoms with Gasteiger partial charge in [-0.05, 0) is 68.9 Å². The van der Waals surface area contributed by atoms with E-state index >= 15 is 0 Å². The van der Waals surface area contributed by atoms with Crippen molar-refractivity contribution in [2.45, 2.75) is 63.5 Å². The molecule has 1 amide bonds. The lowest BCUT2D eigenvalue weighted by Crippen LogP contribution is -2.41. The molecule has 9 nitrogen and oxygen atoms in total. The molecule has 1 N–H and O–H groups in total. The number of aryl methyl sites for hydroxylation is 3. The average molecular weight is 583 g/mol. The number of methoxy groups -OCH3 is 1. The SMILES string of the molecule is CCS(=O)(=O)c1ccc(Oc2c(C)cccc2C)c(-c2cn(C)c(=O)cc2O[C@H]2CC[C@H](NC(=O)COC)CC2)c1. The van der Waals surface area contributed by atoms with Crippen molar-refractivity contribution >= 4 is 15.7 Å². The van der Waals surface area contributed by atoms with Crippen molar-refractivity contribution in [1.82, 2.24) is 9.88 Å². The molecule has 1 fully saturated rings. The van der Waals surface area contributed by atoms with Crippen molar-refractivity contribution in [1.29, 1.82) is 0 Å². The number of carbonyl (C=O) groups is 1. The minimum Gasteiger partial charge on any atom is -0.490 e. The number of sulfone groups is 1. The number of para-hydroxylation sites is 1. The number of nitrogens with one attached hydrogen (secondary N) is 1. The van der Waals surface area contributed by atoms with Crippen LogP contribution in [0, 0.1) is 13.8 Å². The fourth-order valence-electron chi connectivity index (χ4n) is 5.06. The van der Waals surface area contributed by atoms with Crippen LogP contribution in [0.2, 0.25) is 0 Å². The summed E-state index contributed by atoms with van der Waals surface area (Å²) in [5.41, 5.74) is 2.68. The van der Waals surface area contributed by atoms with E-state index in [9.17, 15) is 18.0 Å². The topological polar surface area (TPSA) is 113 Å². The summed E-state index contributed by atoms with van der Waals surface area (Å²) >= 11 is 0. The molecule has 0 atom stereocenters. The molecule has 3 aromatic rings. The molecule has 1 aliphatic carbocycles. The van der Waals surface area contributed by atoms with Crippen LogP contribution in [0.1, 0.15) is 43.7 Å². The van der Waals surface area contributed by atoms with Gasteiger partial charge in [-0.2, -0.15) is 0 Å². The third-order valence-electron chi connectivity index (χ3n) is 7.40. The van der Waals surface area contributed by atoms with Crippen LogP contribution in [-0.2, 0) is 26.4 Å². The second-order valence-electron chi connectivity index (χ2n) is 10.5. The number of aromatic nitrogens is 1. The second kappa shape index (κ2) is 12.9. The second-order valence-corrected chi connectivity index (χ2v) is 12.8. The maximum atomic E-state index is 12.9. The Morgan fingerprint density at radius 3 is 2.32 bits per heavy atom.